The van der Waals surface area contributed by atoms with Crippen molar-refractivity contribution in [1.29, 1.82) is 0 Å². The quantitative estimate of drug-likeness (QED) is 0.466. The standard InChI is InChI=1S/C13H31FO7Si2/c1-16-22(17-2,18-3)11-7-9-13(14,15)10-8-12-23(19-4,20-5)21-6/h15H,7-12H2,1-6H3. The molecule has 0 atom stereocenters. The van der Waals surface area contributed by atoms with Crippen LogP contribution in [0.5, 0.6) is 0 Å². The van der Waals surface area contributed by atoms with Gasteiger partial charge in [-0.05, 0) is 12.8 Å². The van der Waals surface area contributed by atoms with Gasteiger partial charge in [0.2, 0.25) is 5.85 Å². The Morgan fingerprint density at radius 1 is 0.696 bits per heavy atom. The monoisotopic (exact) mass is 374 g/mol. The maximum atomic E-state index is 14.2. The van der Waals surface area contributed by atoms with Gasteiger partial charge in [0.1, 0.15) is 0 Å². The first-order valence-electron chi connectivity index (χ1n) is 7.50. The third-order valence-corrected chi connectivity index (χ3v) is 9.62. The van der Waals surface area contributed by atoms with Crippen molar-refractivity contribution in [2.75, 3.05) is 42.7 Å². The molecule has 0 fully saturated rings. The molecule has 0 aliphatic carbocycles. The third kappa shape index (κ3) is 7.67. The fraction of sp³-hybridized carbons (Fsp3) is 1.00. The summed E-state index contributed by atoms with van der Waals surface area (Å²) >= 11 is 0. The highest BCUT2D eigenvalue weighted by molar-refractivity contribution is 6.60. The third-order valence-electron chi connectivity index (χ3n) is 3.95. The zero-order chi connectivity index (χ0) is 18.0. The van der Waals surface area contributed by atoms with Crippen LogP contribution in [0, 0.1) is 0 Å². The second-order valence-electron chi connectivity index (χ2n) is 5.22. The van der Waals surface area contributed by atoms with E-state index in [-0.39, 0.29) is 12.8 Å². The maximum Gasteiger partial charge on any atom is 0.500 e. The topological polar surface area (TPSA) is 75.6 Å². The lowest BCUT2D eigenvalue weighted by Gasteiger charge is -2.27. The lowest BCUT2D eigenvalue weighted by Crippen LogP contribution is -2.43. The van der Waals surface area contributed by atoms with Crippen LogP contribution in [0.2, 0.25) is 12.1 Å². The smallest absolute Gasteiger partial charge is 0.377 e. The van der Waals surface area contributed by atoms with Gasteiger partial charge in [0, 0.05) is 67.6 Å². The van der Waals surface area contributed by atoms with Crippen molar-refractivity contribution in [2.24, 2.45) is 0 Å². The predicted octanol–water partition coefficient (Wildman–Crippen LogP) is 1.96. The highest BCUT2D eigenvalue weighted by Gasteiger charge is 2.40. The average Bonchev–Trinajstić information content (AvgIpc) is 2.56. The summed E-state index contributed by atoms with van der Waals surface area (Å²) < 4.78 is 45.8. The molecule has 0 amide bonds. The van der Waals surface area contributed by atoms with E-state index in [1.165, 1.54) is 42.7 Å². The van der Waals surface area contributed by atoms with Crippen molar-refractivity contribution < 1.29 is 36.1 Å². The van der Waals surface area contributed by atoms with Gasteiger partial charge >= 0.3 is 17.6 Å². The van der Waals surface area contributed by atoms with Crippen molar-refractivity contribution >= 4 is 17.6 Å². The molecule has 1 N–H and O–H groups in total. The number of rotatable bonds is 14. The van der Waals surface area contributed by atoms with Gasteiger partial charge in [-0.3, -0.25) is 0 Å². The largest absolute Gasteiger partial charge is 0.500 e. The molecule has 10 heteroatoms. The molecule has 0 radical (unpaired) electrons. The Morgan fingerprint density at radius 3 is 1.17 bits per heavy atom. The van der Waals surface area contributed by atoms with Crippen LogP contribution >= 0.6 is 0 Å². The molecule has 0 saturated carbocycles. The summed E-state index contributed by atoms with van der Waals surface area (Å²) in [7, 11) is 3.58. The van der Waals surface area contributed by atoms with Gasteiger partial charge in [-0.25, -0.2) is 4.39 Å². The summed E-state index contributed by atoms with van der Waals surface area (Å²) in [5.41, 5.74) is 0. The van der Waals surface area contributed by atoms with Crippen molar-refractivity contribution in [2.45, 2.75) is 43.6 Å². The molecule has 23 heavy (non-hydrogen) atoms. The Bertz CT molecular complexity index is 268. The fourth-order valence-electron chi connectivity index (χ4n) is 2.39. The normalized spacial score (nSPS) is 13.6. The molecule has 0 bridgehead atoms. The van der Waals surface area contributed by atoms with E-state index in [9.17, 15) is 9.50 Å². The molecule has 0 heterocycles. The van der Waals surface area contributed by atoms with Gasteiger partial charge in [-0.15, -0.1) is 0 Å². The number of halogens is 1. The van der Waals surface area contributed by atoms with E-state index in [1.54, 1.807) is 0 Å². The van der Waals surface area contributed by atoms with Crippen LogP contribution in [-0.4, -0.2) is 71.2 Å². The number of hydrogen-bond donors (Lipinski definition) is 1. The van der Waals surface area contributed by atoms with E-state index in [1.807, 2.05) is 0 Å². The molecular formula is C13H31FO7Si2. The van der Waals surface area contributed by atoms with Gasteiger partial charge in [-0.2, -0.15) is 0 Å². The second-order valence-corrected chi connectivity index (χ2v) is 11.4. The molecule has 0 aliphatic heterocycles. The molecule has 0 spiro atoms. The lowest BCUT2D eigenvalue weighted by molar-refractivity contribution is -0.102. The minimum atomic E-state index is -2.73. The van der Waals surface area contributed by atoms with Gasteiger partial charge < -0.3 is 31.7 Å². The molecule has 0 rings (SSSR count). The van der Waals surface area contributed by atoms with Crippen LogP contribution in [0.3, 0.4) is 0 Å². The van der Waals surface area contributed by atoms with Crippen LogP contribution in [0.4, 0.5) is 4.39 Å². The summed E-state index contributed by atoms with van der Waals surface area (Å²) in [4.78, 5) is 0. The van der Waals surface area contributed by atoms with E-state index in [0.29, 0.717) is 24.9 Å². The van der Waals surface area contributed by atoms with Crippen LogP contribution in [-0.2, 0) is 26.6 Å². The zero-order valence-corrected chi connectivity index (χ0v) is 17.0. The molecule has 0 aromatic carbocycles. The second kappa shape index (κ2) is 10.8. The molecule has 0 saturated heterocycles. The molecule has 140 valence electrons. The van der Waals surface area contributed by atoms with Gasteiger partial charge in [0.15, 0.2) is 0 Å². The number of hydrogen-bond acceptors (Lipinski definition) is 7. The lowest BCUT2D eigenvalue weighted by atomic mass is 10.1. The summed E-state index contributed by atoms with van der Waals surface area (Å²) in [5.74, 6) is -2.26. The van der Waals surface area contributed by atoms with E-state index in [0.717, 1.165) is 0 Å². The minimum Gasteiger partial charge on any atom is -0.377 e. The van der Waals surface area contributed by atoms with Crippen molar-refractivity contribution in [3.8, 4) is 0 Å². The van der Waals surface area contributed by atoms with E-state index in [2.05, 4.69) is 0 Å². The van der Waals surface area contributed by atoms with Crippen LogP contribution in [0.25, 0.3) is 0 Å². The summed E-state index contributed by atoms with van der Waals surface area (Å²) in [6, 6.07) is 0.880. The van der Waals surface area contributed by atoms with Crippen molar-refractivity contribution in [3.63, 3.8) is 0 Å². The Balaban J connectivity index is 4.29. The Labute approximate surface area is 140 Å². The molecule has 0 unspecified atom stereocenters. The maximum absolute atomic E-state index is 14.2. The predicted molar refractivity (Wildman–Crippen MR) is 87.7 cm³/mol. The fourth-order valence-corrected chi connectivity index (χ4v) is 5.83. The van der Waals surface area contributed by atoms with Crippen molar-refractivity contribution in [1.82, 2.24) is 0 Å². The van der Waals surface area contributed by atoms with Crippen LogP contribution in [0.15, 0.2) is 0 Å². The number of alkyl halides is 1. The molecule has 0 aromatic rings. The number of aliphatic hydroxyl groups is 1. The zero-order valence-electron chi connectivity index (χ0n) is 15.0. The first-order valence-corrected chi connectivity index (χ1v) is 11.4. The Kier molecular flexibility index (Phi) is 10.9. The first-order chi connectivity index (χ1) is 10.8. The van der Waals surface area contributed by atoms with E-state index >= 15 is 0 Å². The Morgan fingerprint density at radius 2 is 0.957 bits per heavy atom. The van der Waals surface area contributed by atoms with E-state index < -0.39 is 23.5 Å². The summed E-state index contributed by atoms with van der Waals surface area (Å²) in [5, 5.41) is 9.86. The molecule has 0 aromatic heterocycles. The van der Waals surface area contributed by atoms with Crippen molar-refractivity contribution in [3.05, 3.63) is 0 Å². The van der Waals surface area contributed by atoms with E-state index in [4.69, 9.17) is 26.6 Å². The van der Waals surface area contributed by atoms with Gasteiger partial charge in [0.25, 0.3) is 0 Å². The van der Waals surface area contributed by atoms with Crippen LogP contribution < -0.4 is 0 Å². The summed E-state index contributed by atoms with van der Waals surface area (Å²) in [6.07, 6.45) is 0.769. The Hall–Kier alpha value is 0.0838. The van der Waals surface area contributed by atoms with Gasteiger partial charge in [-0.1, -0.05) is 0 Å². The van der Waals surface area contributed by atoms with Crippen LogP contribution in [0.1, 0.15) is 25.7 Å². The average molecular weight is 375 g/mol. The molecule has 0 aliphatic rings. The highest BCUT2D eigenvalue weighted by atomic mass is 28.4. The molecular weight excluding hydrogens is 343 g/mol. The van der Waals surface area contributed by atoms with Gasteiger partial charge in [0.05, 0.1) is 0 Å². The highest BCUT2D eigenvalue weighted by Crippen LogP contribution is 2.28. The minimum absolute atomic E-state index is 0.0146. The molecule has 7 nitrogen and oxygen atoms in total. The SMILES string of the molecule is CO[Si](CCCC(O)(F)CCC[Si](OC)(OC)OC)(OC)OC. The summed E-state index contributed by atoms with van der Waals surface area (Å²) in [6.45, 7) is 0. The first kappa shape index (κ1) is 23.1.